The van der Waals surface area contributed by atoms with E-state index < -0.39 is 0 Å². The van der Waals surface area contributed by atoms with Crippen LogP contribution in [0.4, 0.5) is 0 Å². The number of hydrogen-bond acceptors (Lipinski definition) is 4. The minimum atomic E-state index is 0.689. The summed E-state index contributed by atoms with van der Waals surface area (Å²) < 4.78 is 10.3. The number of ether oxygens (including phenoxy) is 2. The highest BCUT2D eigenvalue weighted by atomic mass is 16.5. The first-order chi connectivity index (χ1) is 7.81. The molecule has 0 radical (unpaired) electrons. The SMILES string of the molecule is COCCOCCCN(C)CCCCCN. The molecule has 0 rings (SSSR count). The molecule has 0 saturated carbocycles. The number of rotatable bonds is 12. The van der Waals surface area contributed by atoms with Crippen LogP contribution in [0, 0.1) is 0 Å². The van der Waals surface area contributed by atoms with Crippen LogP contribution >= 0.6 is 0 Å². The molecule has 0 atom stereocenters. The lowest BCUT2D eigenvalue weighted by atomic mass is 10.2. The van der Waals surface area contributed by atoms with Gasteiger partial charge in [-0.25, -0.2) is 0 Å². The van der Waals surface area contributed by atoms with E-state index in [1.165, 1.54) is 12.8 Å². The molecule has 0 aromatic carbocycles. The predicted molar refractivity (Wildman–Crippen MR) is 67.7 cm³/mol. The van der Waals surface area contributed by atoms with Crippen LogP contribution in [0.3, 0.4) is 0 Å². The van der Waals surface area contributed by atoms with E-state index in [0.717, 1.165) is 39.1 Å². The fourth-order valence-corrected chi connectivity index (χ4v) is 1.50. The molecular formula is C12H28N2O2. The molecule has 0 unspecified atom stereocenters. The molecule has 0 aromatic heterocycles. The van der Waals surface area contributed by atoms with Crippen molar-refractivity contribution in [3.63, 3.8) is 0 Å². The van der Waals surface area contributed by atoms with Gasteiger partial charge in [-0.05, 0) is 39.4 Å². The van der Waals surface area contributed by atoms with Crippen molar-refractivity contribution in [3.05, 3.63) is 0 Å². The Balaban J connectivity index is 3.08. The van der Waals surface area contributed by atoms with Crippen molar-refractivity contribution in [1.82, 2.24) is 4.90 Å². The Hall–Kier alpha value is -0.160. The summed E-state index contributed by atoms with van der Waals surface area (Å²) in [4.78, 5) is 2.36. The van der Waals surface area contributed by atoms with Gasteiger partial charge in [0.1, 0.15) is 0 Å². The third-order valence-electron chi connectivity index (χ3n) is 2.50. The zero-order valence-electron chi connectivity index (χ0n) is 10.9. The lowest BCUT2D eigenvalue weighted by Gasteiger charge is -2.16. The van der Waals surface area contributed by atoms with Crippen LogP contribution in [-0.4, -0.2) is 58.5 Å². The second kappa shape index (κ2) is 12.9. The molecule has 0 fully saturated rings. The molecule has 0 amide bonds. The van der Waals surface area contributed by atoms with Gasteiger partial charge in [0.25, 0.3) is 0 Å². The van der Waals surface area contributed by atoms with E-state index >= 15 is 0 Å². The Morgan fingerprint density at radius 3 is 2.38 bits per heavy atom. The Morgan fingerprint density at radius 2 is 1.69 bits per heavy atom. The molecule has 0 bridgehead atoms. The Kier molecular flexibility index (Phi) is 12.8. The molecule has 0 aliphatic rings. The number of nitrogens with two attached hydrogens (primary N) is 1. The maximum absolute atomic E-state index is 5.44. The summed E-state index contributed by atoms with van der Waals surface area (Å²) in [5.41, 5.74) is 5.44. The van der Waals surface area contributed by atoms with Gasteiger partial charge in [0.15, 0.2) is 0 Å². The summed E-state index contributed by atoms with van der Waals surface area (Å²) in [5, 5.41) is 0. The molecular weight excluding hydrogens is 204 g/mol. The molecule has 4 heteroatoms. The Bertz CT molecular complexity index is 134. The number of hydrogen-bond donors (Lipinski definition) is 1. The van der Waals surface area contributed by atoms with Crippen molar-refractivity contribution < 1.29 is 9.47 Å². The first kappa shape index (κ1) is 15.8. The molecule has 0 saturated heterocycles. The number of unbranched alkanes of at least 4 members (excludes halogenated alkanes) is 2. The Labute approximate surface area is 100 Å². The van der Waals surface area contributed by atoms with Gasteiger partial charge in [0.2, 0.25) is 0 Å². The van der Waals surface area contributed by atoms with Crippen LogP contribution in [0.5, 0.6) is 0 Å². The van der Waals surface area contributed by atoms with Gasteiger partial charge in [0, 0.05) is 20.3 Å². The summed E-state index contributed by atoms with van der Waals surface area (Å²) in [7, 11) is 3.86. The summed E-state index contributed by atoms with van der Waals surface area (Å²) >= 11 is 0. The lowest BCUT2D eigenvalue weighted by Crippen LogP contribution is -2.22. The van der Waals surface area contributed by atoms with E-state index in [-0.39, 0.29) is 0 Å². The minimum Gasteiger partial charge on any atom is -0.382 e. The van der Waals surface area contributed by atoms with Gasteiger partial charge in [-0.2, -0.15) is 0 Å². The van der Waals surface area contributed by atoms with E-state index in [1.807, 2.05) is 0 Å². The van der Waals surface area contributed by atoms with Gasteiger partial charge in [-0.15, -0.1) is 0 Å². The molecule has 0 aliphatic heterocycles. The lowest BCUT2D eigenvalue weighted by molar-refractivity contribution is 0.0662. The van der Waals surface area contributed by atoms with Crippen LogP contribution in [0.1, 0.15) is 25.7 Å². The number of nitrogens with zero attached hydrogens (tertiary/aromatic N) is 1. The van der Waals surface area contributed by atoms with Crippen LogP contribution in [0.25, 0.3) is 0 Å². The van der Waals surface area contributed by atoms with Gasteiger partial charge in [-0.1, -0.05) is 6.42 Å². The van der Waals surface area contributed by atoms with Crippen LogP contribution in [-0.2, 0) is 9.47 Å². The monoisotopic (exact) mass is 232 g/mol. The van der Waals surface area contributed by atoms with E-state index in [4.69, 9.17) is 15.2 Å². The van der Waals surface area contributed by atoms with Crippen LogP contribution in [0.2, 0.25) is 0 Å². The first-order valence-electron chi connectivity index (χ1n) is 6.26. The molecule has 16 heavy (non-hydrogen) atoms. The van der Waals surface area contributed by atoms with Crippen LogP contribution < -0.4 is 5.73 Å². The highest BCUT2D eigenvalue weighted by Crippen LogP contribution is 1.97. The van der Waals surface area contributed by atoms with Crippen molar-refractivity contribution in [3.8, 4) is 0 Å². The first-order valence-corrected chi connectivity index (χ1v) is 6.26. The fraction of sp³-hybridized carbons (Fsp3) is 1.00. The van der Waals surface area contributed by atoms with Crippen molar-refractivity contribution in [2.24, 2.45) is 5.73 Å². The normalized spacial score (nSPS) is 11.2. The highest BCUT2D eigenvalue weighted by molar-refractivity contribution is 4.52. The summed E-state index contributed by atoms with van der Waals surface area (Å²) in [6.07, 6.45) is 4.73. The van der Waals surface area contributed by atoms with E-state index in [2.05, 4.69) is 11.9 Å². The third-order valence-corrected chi connectivity index (χ3v) is 2.50. The molecule has 98 valence electrons. The summed E-state index contributed by atoms with van der Waals surface area (Å²) in [5.74, 6) is 0. The summed E-state index contributed by atoms with van der Waals surface area (Å²) in [6, 6.07) is 0. The maximum Gasteiger partial charge on any atom is 0.0700 e. The average molecular weight is 232 g/mol. The van der Waals surface area contributed by atoms with Crippen LogP contribution in [0.15, 0.2) is 0 Å². The topological polar surface area (TPSA) is 47.7 Å². The number of methoxy groups -OCH3 is 1. The summed E-state index contributed by atoms with van der Waals surface area (Å²) in [6.45, 7) is 5.31. The predicted octanol–water partition coefficient (Wildman–Crippen LogP) is 1.10. The smallest absolute Gasteiger partial charge is 0.0700 e. The zero-order chi connectivity index (χ0) is 12.1. The van der Waals surface area contributed by atoms with Crippen molar-refractivity contribution >= 4 is 0 Å². The second-order valence-electron chi connectivity index (χ2n) is 4.11. The van der Waals surface area contributed by atoms with Crippen molar-refractivity contribution in [2.75, 3.05) is 53.6 Å². The minimum absolute atomic E-state index is 0.689. The fourth-order valence-electron chi connectivity index (χ4n) is 1.50. The van der Waals surface area contributed by atoms with Gasteiger partial charge >= 0.3 is 0 Å². The maximum atomic E-state index is 5.44. The van der Waals surface area contributed by atoms with E-state index in [1.54, 1.807) is 7.11 Å². The third kappa shape index (κ3) is 11.9. The molecule has 0 aliphatic carbocycles. The Morgan fingerprint density at radius 1 is 0.938 bits per heavy atom. The van der Waals surface area contributed by atoms with E-state index in [0.29, 0.717) is 13.2 Å². The molecule has 0 spiro atoms. The van der Waals surface area contributed by atoms with Gasteiger partial charge in [0.05, 0.1) is 13.2 Å². The van der Waals surface area contributed by atoms with E-state index in [9.17, 15) is 0 Å². The van der Waals surface area contributed by atoms with Crippen molar-refractivity contribution in [1.29, 1.82) is 0 Å². The average Bonchev–Trinajstić information content (AvgIpc) is 2.29. The molecule has 0 aromatic rings. The van der Waals surface area contributed by atoms with Crippen molar-refractivity contribution in [2.45, 2.75) is 25.7 Å². The molecule has 4 nitrogen and oxygen atoms in total. The second-order valence-corrected chi connectivity index (χ2v) is 4.11. The largest absolute Gasteiger partial charge is 0.382 e. The van der Waals surface area contributed by atoms with Gasteiger partial charge < -0.3 is 20.1 Å². The highest BCUT2D eigenvalue weighted by Gasteiger charge is 1.97. The standard InChI is InChI=1S/C12H28N2O2/c1-14(8-5-3-4-7-13)9-6-10-16-12-11-15-2/h3-13H2,1-2H3. The quantitative estimate of drug-likeness (QED) is 0.512. The zero-order valence-corrected chi connectivity index (χ0v) is 10.9. The van der Waals surface area contributed by atoms with Gasteiger partial charge in [-0.3, -0.25) is 0 Å². The molecule has 0 heterocycles. The molecule has 2 N–H and O–H groups in total.